The minimum absolute atomic E-state index is 0.124. The molecule has 2 aromatic carbocycles. The maximum absolute atomic E-state index is 12.9. The summed E-state index contributed by atoms with van der Waals surface area (Å²) in [5, 5.41) is 0. The molecule has 1 aliphatic rings. The van der Waals surface area contributed by atoms with Gasteiger partial charge in [-0.05, 0) is 29.3 Å². The van der Waals surface area contributed by atoms with Crippen LogP contribution in [0.2, 0.25) is 0 Å². The lowest BCUT2D eigenvalue weighted by atomic mass is 9.92. The van der Waals surface area contributed by atoms with E-state index in [0.717, 1.165) is 0 Å². The summed E-state index contributed by atoms with van der Waals surface area (Å²) < 4.78 is 53.1. The highest BCUT2D eigenvalue weighted by molar-refractivity contribution is 7.90. The minimum Gasteiger partial charge on any atom is -0.463 e. The molecule has 0 amide bonds. The molecule has 42 heavy (non-hydrogen) atoms. The van der Waals surface area contributed by atoms with Gasteiger partial charge >= 0.3 is 17.9 Å². The summed E-state index contributed by atoms with van der Waals surface area (Å²) in [7, 11) is -3.61. The fraction of sp³-hybridized carbons (Fsp3) is 0.400. The zero-order chi connectivity index (χ0) is 30.9. The lowest BCUT2D eigenvalue weighted by Gasteiger charge is -2.43. The van der Waals surface area contributed by atoms with Crippen LogP contribution >= 0.6 is 0 Å². The molecule has 0 aliphatic carbocycles. The molecule has 0 bridgehead atoms. The highest BCUT2D eigenvalue weighted by atomic mass is 32.2. The molecule has 0 spiro atoms. The molecule has 1 fully saturated rings. The van der Waals surface area contributed by atoms with E-state index in [2.05, 4.69) is 0 Å². The quantitative estimate of drug-likeness (QED) is 0.200. The van der Waals surface area contributed by atoms with Gasteiger partial charge in [0.25, 0.3) is 0 Å². The van der Waals surface area contributed by atoms with Gasteiger partial charge in [0.15, 0.2) is 28.0 Å². The largest absolute Gasteiger partial charge is 0.463 e. The van der Waals surface area contributed by atoms with Crippen molar-refractivity contribution in [3.63, 3.8) is 0 Å². The van der Waals surface area contributed by atoms with Crippen molar-refractivity contribution < 1.29 is 51.3 Å². The molecule has 3 rings (SSSR count). The van der Waals surface area contributed by atoms with E-state index in [1.807, 2.05) is 6.07 Å². The third kappa shape index (κ3) is 9.61. The molecule has 0 unspecified atom stereocenters. The van der Waals surface area contributed by atoms with Crippen LogP contribution in [0, 0.1) is 5.92 Å². The van der Waals surface area contributed by atoms with E-state index in [4.69, 9.17) is 23.7 Å². The normalized spacial score (nSPS) is 22.3. The van der Waals surface area contributed by atoms with Crippen molar-refractivity contribution in [3.8, 4) is 0 Å². The molecule has 0 aromatic heterocycles. The maximum Gasteiger partial charge on any atom is 0.303 e. The van der Waals surface area contributed by atoms with Gasteiger partial charge < -0.3 is 23.7 Å². The summed E-state index contributed by atoms with van der Waals surface area (Å²) in [6.45, 7) is 4.47. The van der Waals surface area contributed by atoms with Crippen LogP contribution in [0.4, 0.5) is 0 Å². The zero-order valence-corrected chi connectivity index (χ0v) is 24.6. The Labute approximate surface area is 244 Å². The van der Waals surface area contributed by atoms with Crippen molar-refractivity contribution in [1.82, 2.24) is 0 Å². The van der Waals surface area contributed by atoms with Crippen LogP contribution in [0.15, 0.2) is 65.6 Å². The molecule has 2 aromatic rings. The molecule has 5 atom stereocenters. The highest BCUT2D eigenvalue weighted by Crippen LogP contribution is 2.31. The van der Waals surface area contributed by atoms with Crippen LogP contribution in [-0.2, 0) is 58.5 Å². The fourth-order valence-electron chi connectivity index (χ4n) is 4.35. The number of esters is 3. The monoisotopic (exact) mass is 602 g/mol. The molecule has 11 nitrogen and oxygen atoms in total. The number of rotatable bonds is 12. The Hall–Kier alpha value is -3.87. The van der Waals surface area contributed by atoms with E-state index in [1.54, 1.807) is 43.3 Å². The van der Waals surface area contributed by atoms with Crippen molar-refractivity contribution >= 4 is 39.6 Å². The standard InChI is InChI=1S/C30H34O11S/c1-19-28(39-21(3)32)29(40-22(4)33)27(17-37-20(2)31)41-30(19)38-16-25(34)14-13-23-11-8-12-26(15-23)42(35,36)18-24-9-6-5-7-10-24/h5-15,19,27-30H,16-18H2,1-4H3/b14-13+/t19-,27-,28-,29+,30-/m1/s1. The maximum atomic E-state index is 12.9. The Morgan fingerprint density at radius 1 is 0.881 bits per heavy atom. The molecule has 1 saturated heterocycles. The summed E-state index contributed by atoms with van der Waals surface area (Å²) in [5.41, 5.74) is 1.16. The highest BCUT2D eigenvalue weighted by Gasteiger charge is 2.48. The van der Waals surface area contributed by atoms with E-state index in [1.165, 1.54) is 45.1 Å². The second kappa shape index (κ2) is 14.9. The lowest BCUT2D eigenvalue weighted by Crippen LogP contribution is -2.58. The fourth-order valence-corrected chi connectivity index (χ4v) is 5.75. The molecular weight excluding hydrogens is 568 g/mol. The van der Waals surface area contributed by atoms with Crippen molar-refractivity contribution in [2.45, 2.75) is 62.9 Å². The number of ether oxygens (including phenoxy) is 5. The molecule has 0 radical (unpaired) electrons. The SMILES string of the molecule is CC(=O)OC[C@H]1O[C@@H](OCC(=O)/C=C/c2cccc(S(=O)(=O)Cc3ccccc3)c2)[C@H](C)[C@@H](OC(C)=O)[C@H]1OC(C)=O. The number of carbonyl (C=O) groups excluding carboxylic acids is 4. The first-order valence-electron chi connectivity index (χ1n) is 13.2. The van der Waals surface area contributed by atoms with Gasteiger partial charge in [0.05, 0.1) is 10.6 Å². The predicted octanol–water partition coefficient (Wildman–Crippen LogP) is 3.05. The van der Waals surface area contributed by atoms with Crippen molar-refractivity contribution in [2.75, 3.05) is 13.2 Å². The summed E-state index contributed by atoms with van der Waals surface area (Å²) >= 11 is 0. The van der Waals surface area contributed by atoms with E-state index in [0.29, 0.717) is 11.1 Å². The summed E-state index contributed by atoms with van der Waals surface area (Å²) in [6, 6.07) is 15.1. The molecule has 1 heterocycles. The molecule has 12 heteroatoms. The van der Waals surface area contributed by atoms with E-state index in [-0.39, 0.29) is 17.3 Å². The van der Waals surface area contributed by atoms with Gasteiger partial charge in [0.2, 0.25) is 0 Å². The number of carbonyl (C=O) groups is 4. The first-order valence-corrected chi connectivity index (χ1v) is 14.8. The molecule has 226 valence electrons. The summed E-state index contributed by atoms with van der Waals surface area (Å²) in [5.74, 6) is -3.17. The molecular formula is C30H34O11S. The smallest absolute Gasteiger partial charge is 0.303 e. The lowest BCUT2D eigenvalue weighted by molar-refractivity contribution is -0.286. The topological polar surface area (TPSA) is 149 Å². The minimum atomic E-state index is -3.61. The summed E-state index contributed by atoms with van der Waals surface area (Å²) in [4.78, 5) is 47.7. The third-order valence-corrected chi connectivity index (χ3v) is 7.96. The van der Waals surface area contributed by atoms with Crippen LogP contribution in [-0.4, -0.2) is 69.9 Å². The Balaban J connectivity index is 1.68. The van der Waals surface area contributed by atoms with Gasteiger partial charge in [0.1, 0.15) is 25.4 Å². The zero-order valence-electron chi connectivity index (χ0n) is 23.8. The van der Waals surface area contributed by atoms with Gasteiger partial charge in [0, 0.05) is 26.7 Å². The van der Waals surface area contributed by atoms with Gasteiger partial charge in [-0.15, -0.1) is 0 Å². The first kappa shape index (κ1) is 32.6. The van der Waals surface area contributed by atoms with E-state index >= 15 is 0 Å². The summed E-state index contributed by atoms with van der Waals surface area (Å²) in [6.07, 6.45) is -1.48. The number of benzene rings is 2. The van der Waals surface area contributed by atoms with E-state index in [9.17, 15) is 27.6 Å². The second-order valence-corrected chi connectivity index (χ2v) is 11.8. The third-order valence-electron chi connectivity index (χ3n) is 6.27. The molecule has 0 N–H and O–H groups in total. The predicted molar refractivity (Wildman–Crippen MR) is 149 cm³/mol. The number of hydrogen-bond acceptors (Lipinski definition) is 11. The number of sulfone groups is 1. The van der Waals surface area contributed by atoms with Crippen LogP contribution in [0.25, 0.3) is 6.08 Å². The second-order valence-electron chi connectivity index (χ2n) is 9.78. The van der Waals surface area contributed by atoms with Gasteiger partial charge in [-0.1, -0.05) is 55.5 Å². The van der Waals surface area contributed by atoms with Crippen LogP contribution < -0.4 is 0 Å². The van der Waals surface area contributed by atoms with Crippen LogP contribution in [0.3, 0.4) is 0 Å². The number of hydrogen-bond donors (Lipinski definition) is 0. The van der Waals surface area contributed by atoms with Crippen LogP contribution in [0.1, 0.15) is 38.8 Å². The van der Waals surface area contributed by atoms with Gasteiger partial charge in [-0.2, -0.15) is 0 Å². The first-order chi connectivity index (χ1) is 19.9. The Morgan fingerprint density at radius 3 is 2.19 bits per heavy atom. The van der Waals surface area contributed by atoms with Crippen molar-refractivity contribution in [3.05, 3.63) is 71.8 Å². The average Bonchev–Trinajstić information content (AvgIpc) is 2.92. The Bertz CT molecular complexity index is 1400. The van der Waals surface area contributed by atoms with Crippen molar-refractivity contribution in [2.24, 2.45) is 5.92 Å². The Morgan fingerprint density at radius 2 is 1.55 bits per heavy atom. The van der Waals surface area contributed by atoms with E-state index < -0.39 is 70.7 Å². The van der Waals surface area contributed by atoms with Crippen molar-refractivity contribution in [1.29, 1.82) is 0 Å². The van der Waals surface area contributed by atoms with Gasteiger partial charge in [-0.25, -0.2) is 8.42 Å². The molecule has 0 saturated carbocycles. The van der Waals surface area contributed by atoms with Gasteiger partial charge in [-0.3, -0.25) is 19.2 Å². The number of ketones is 1. The van der Waals surface area contributed by atoms with Crippen LogP contribution in [0.5, 0.6) is 0 Å². The molecule has 1 aliphatic heterocycles. The average molecular weight is 603 g/mol. The Kier molecular flexibility index (Phi) is 11.5.